The Bertz CT molecular complexity index is 276. The summed E-state index contributed by atoms with van der Waals surface area (Å²) in [6.45, 7) is 3.05. The van der Waals surface area contributed by atoms with Gasteiger partial charge >= 0.3 is 11.9 Å². The number of esters is 2. The topological polar surface area (TPSA) is 86.7 Å². The maximum atomic E-state index is 11.2. The average Bonchev–Trinajstić information content (AvgIpc) is 2.21. The van der Waals surface area contributed by atoms with Crippen LogP contribution in [0.3, 0.4) is 0 Å². The Morgan fingerprint density at radius 1 is 0.875 bits per heavy atom. The Morgan fingerprint density at radius 2 is 1.19 bits per heavy atom. The number of hydrogen-bond acceptors (Lipinski definition) is 6. The molecule has 0 heterocycles. The van der Waals surface area contributed by atoms with Crippen LogP contribution in [-0.4, -0.2) is 36.7 Å². The van der Waals surface area contributed by atoms with Gasteiger partial charge in [-0.1, -0.05) is 0 Å². The molecule has 0 aliphatic carbocycles. The van der Waals surface area contributed by atoms with Crippen LogP contribution in [0.1, 0.15) is 20.8 Å². The van der Waals surface area contributed by atoms with Crippen molar-refractivity contribution in [2.45, 2.75) is 20.8 Å². The Labute approximate surface area is 92.9 Å². The molecule has 0 N–H and O–H groups in total. The first-order valence-electron chi connectivity index (χ1n) is 4.66. The predicted octanol–water partition coefficient (Wildman–Crippen LogP) is -0.113. The number of ether oxygens (including phenoxy) is 2. The van der Waals surface area contributed by atoms with E-state index in [1.54, 1.807) is 0 Å². The second-order valence-corrected chi connectivity index (χ2v) is 3.34. The lowest BCUT2D eigenvalue weighted by Gasteiger charge is -2.09. The van der Waals surface area contributed by atoms with Gasteiger partial charge in [0.05, 0.1) is 0 Å². The van der Waals surface area contributed by atoms with Gasteiger partial charge in [-0.2, -0.15) is 0 Å². The van der Waals surface area contributed by atoms with Gasteiger partial charge in [-0.25, -0.2) is 0 Å². The number of Topliss-reactive ketones (excluding diaryl/α,β-unsaturated/α-hetero) is 2. The number of ketones is 2. The molecule has 0 radical (unpaired) electrons. The lowest BCUT2D eigenvalue weighted by molar-refractivity contribution is -0.163. The van der Waals surface area contributed by atoms with E-state index < -0.39 is 17.9 Å². The highest BCUT2D eigenvalue weighted by Crippen LogP contribution is 2.02. The van der Waals surface area contributed by atoms with Gasteiger partial charge in [-0.15, -0.1) is 0 Å². The first kappa shape index (κ1) is 14.3. The molecule has 0 amide bonds. The molecule has 0 aliphatic heterocycles. The molecule has 0 aliphatic rings. The quantitative estimate of drug-likeness (QED) is 0.467. The SMILES string of the molecule is CC(=O)COC(=O)C(C)C(=O)OCC(C)=O. The standard InChI is InChI=1S/C10H14O6/c1-6(11)4-15-9(13)8(3)10(14)16-5-7(2)12/h8H,4-5H2,1-3H3. The monoisotopic (exact) mass is 230 g/mol. The summed E-state index contributed by atoms with van der Waals surface area (Å²) in [5.74, 6) is -3.47. The molecule has 6 heteroatoms. The van der Waals surface area contributed by atoms with Crippen molar-refractivity contribution in [1.29, 1.82) is 0 Å². The van der Waals surface area contributed by atoms with Gasteiger partial charge in [0.15, 0.2) is 17.5 Å². The highest BCUT2D eigenvalue weighted by molar-refractivity contribution is 5.96. The van der Waals surface area contributed by atoms with Crippen LogP contribution in [0.25, 0.3) is 0 Å². The molecule has 0 aromatic heterocycles. The van der Waals surface area contributed by atoms with Gasteiger partial charge in [0.2, 0.25) is 0 Å². The van der Waals surface area contributed by atoms with Crippen molar-refractivity contribution in [2.75, 3.05) is 13.2 Å². The fraction of sp³-hybridized carbons (Fsp3) is 0.600. The van der Waals surface area contributed by atoms with E-state index in [1.165, 1.54) is 20.8 Å². The van der Waals surface area contributed by atoms with Crippen molar-refractivity contribution < 1.29 is 28.7 Å². The van der Waals surface area contributed by atoms with Crippen molar-refractivity contribution >= 4 is 23.5 Å². The maximum absolute atomic E-state index is 11.2. The minimum absolute atomic E-state index is 0.322. The molecule has 16 heavy (non-hydrogen) atoms. The molecular formula is C10H14O6. The summed E-state index contributed by atoms with van der Waals surface area (Å²) in [5.41, 5.74) is 0. The molecule has 0 fully saturated rings. The molecule has 0 saturated heterocycles. The van der Waals surface area contributed by atoms with Gasteiger partial charge in [0, 0.05) is 0 Å². The number of hydrogen-bond donors (Lipinski definition) is 0. The van der Waals surface area contributed by atoms with E-state index in [-0.39, 0.29) is 24.8 Å². The van der Waals surface area contributed by atoms with E-state index >= 15 is 0 Å². The van der Waals surface area contributed by atoms with Crippen LogP contribution in [0.2, 0.25) is 0 Å². The third-order valence-electron chi connectivity index (χ3n) is 1.54. The largest absolute Gasteiger partial charge is 0.457 e. The smallest absolute Gasteiger partial charge is 0.320 e. The third kappa shape index (κ3) is 5.90. The average molecular weight is 230 g/mol. The molecule has 0 rings (SSSR count). The van der Waals surface area contributed by atoms with Crippen molar-refractivity contribution in [1.82, 2.24) is 0 Å². The van der Waals surface area contributed by atoms with Crippen LogP contribution in [0.4, 0.5) is 0 Å². The van der Waals surface area contributed by atoms with Gasteiger partial charge in [0.1, 0.15) is 13.2 Å². The summed E-state index contributed by atoms with van der Waals surface area (Å²) in [6, 6.07) is 0. The van der Waals surface area contributed by atoms with E-state index in [0.29, 0.717) is 0 Å². The van der Waals surface area contributed by atoms with E-state index in [9.17, 15) is 19.2 Å². The van der Waals surface area contributed by atoms with Crippen molar-refractivity contribution in [3.05, 3.63) is 0 Å². The molecular weight excluding hydrogens is 216 g/mol. The summed E-state index contributed by atoms with van der Waals surface area (Å²) < 4.78 is 9.04. The van der Waals surface area contributed by atoms with Gasteiger partial charge < -0.3 is 9.47 Å². The van der Waals surface area contributed by atoms with Crippen LogP contribution < -0.4 is 0 Å². The molecule has 0 saturated carbocycles. The number of carbonyl (C=O) groups excluding carboxylic acids is 4. The van der Waals surface area contributed by atoms with E-state index in [4.69, 9.17) is 0 Å². The summed E-state index contributed by atoms with van der Waals surface area (Å²) >= 11 is 0. The second kappa shape index (κ2) is 6.71. The fourth-order valence-corrected chi connectivity index (χ4v) is 0.692. The Kier molecular flexibility index (Phi) is 5.99. The van der Waals surface area contributed by atoms with Gasteiger partial charge in [-0.3, -0.25) is 19.2 Å². The van der Waals surface area contributed by atoms with Crippen molar-refractivity contribution in [3.63, 3.8) is 0 Å². The van der Waals surface area contributed by atoms with Crippen LogP contribution in [0, 0.1) is 5.92 Å². The van der Waals surface area contributed by atoms with Gasteiger partial charge in [0.25, 0.3) is 0 Å². The highest BCUT2D eigenvalue weighted by Gasteiger charge is 2.25. The number of rotatable bonds is 6. The lowest BCUT2D eigenvalue weighted by Crippen LogP contribution is -2.27. The fourth-order valence-electron chi connectivity index (χ4n) is 0.692. The Morgan fingerprint density at radius 3 is 1.44 bits per heavy atom. The highest BCUT2D eigenvalue weighted by atomic mass is 16.6. The van der Waals surface area contributed by atoms with E-state index in [1.807, 2.05) is 0 Å². The normalized spacial score (nSPS) is 9.75. The van der Waals surface area contributed by atoms with E-state index in [0.717, 1.165) is 0 Å². The lowest BCUT2D eigenvalue weighted by atomic mass is 10.2. The van der Waals surface area contributed by atoms with Crippen molar-refractivity contribution in [3.8, 4) is 0 Å². The van der Waals surface area contributed by atoms with Gasteiger partial charge in [-0.05, 0) is 20.8 Å². The van der Waals surface area contributed by atoms with Crippen LogP contribution in [0.5, 0.6) is 0 Å². The zero-order valence-electron chi connectivity index (χ0n) is 9.44. The minimum atomic E-state index is -1.14. The first-order valence-corrected chi connectivity index (χ1v) is 4.66. The molecule has 90 valence electrons. The second-order valence-electron chi connectivity index (χ2n) is 3.34. The zero-order chi connectivity index (χ0) is 12.7. The molecule has 0 spiro atoms. The van der Waals surface area contributed by atoms with Crippen LogP contribution in [-0.2, 0) is 28.7 Å². The van der Waals surface area contributed by atoms with Crippen LogP contribution in [0.15, 0.2) is 0 Å². The molecule has 0 bridgehead atoms. The predicted molar refractivity (Wildman–Crippen MR) is 52.4 cm³/mol. The molecule has 0 aromatic carbocycles. The van der Waals surface area contributed by atoms with E-state index in [2.05, 4.69) is 9.47 Å². The first-order chi connectivity index (χ1) is 7.34. The summed E-state index contributed by atoms with van der Waals surface area (Å²) in [5, 5.41) is 0. The van der Waals surface area contributed by atoms with Crippen molar-refractivity contribution in [2.24, 2.45) is 5.92 Å². The maximum Gasteiger partial charge on any atom is 0.320 e. The molecule has 0 aromatic rings. The molecule has 0 atom stereocenters. The summed E-state index contributed by atoms with van der Waals surface area (Å²) in [7, 11) is 0. The zero-order valence-corrected chi connectivity index (χ0v) is 9.44. The summed E-state index contributed by atoms with van der Waals surface area (Å²) in [6.07, 6.45) is 0. The molecule has 6 nitrogen and oxygen atoms in total. The van der Waals surface area contributed by atoms with Crippen LogP contribution >= 0.6 is 0 Å². The summed E-state index contributed by atoms with van der Waals surface area (Å²) in [4.78, 5) is 43.4. The minimum Gasteiger partial charge on any atom is -0.457 e. The number of carbonyl (C=O) groups is 4. The molecule has 0 unspecified atom stereocenters. The Balaban J connectivity index is 4.06. The third-order valence-corrected chi connectivity index (χ3v) is 1.54. The Hall–Kier alpha value is -1.72.